The molecule has 36 heavy (non-hydrogen) atoms. The van der Waals surface area contributed by atoms with Crippen LogP contribution in [0.15, 0.2) is 66.7 Å². The number of aromatic nitrogens is 3. The van der Waals surface area contributed by atoms with Crippen molar-refractivity contribution in [1.82, 2.24) is 14.8 Å². The Morgan fingerprint density at radius 3 is 1.89 bits per heavy atom. The molecule has 1 N–H and O–H groups in total. The normalized spacial score (nSPS) is 16.5. The number of fused-ring (bicyclic) bond motifs is 2. The number of rotatable bonds is 3. The van der Waals surface area contributed by atoms with Crippen molar-refractivity contribution in [2.45, 2.75) is 6.04 Å². The van der Waals surface area contributed by atoms with Gasteiger partial charge in [-0.05, 0) is 17.2 Å². The number of halogens is 4. The van der Waals surface area contributed by atoms with Crippen LogP contribution in [0.3, 0.4) is 0 Å². The highest BCUT2D eigenvalue weighted by Gasteiger charge is 2.45. The standard InChI is InChI=1S/C25H13Cl4N5O2/c26-18-16-17(19(27)21(29)20(18)28)23(36)33(22(16)35)25-31-24-30-14(12-7-3-1-4-8-12)11-15(34(24)32-25)13-9-5-2-6-10-13/h1-11,15H,(H,30,31,32). The number of carbonyl (C=O) groups excluding carboxylic acids is 2. The first-order chi connectivity index (χ1) is 17.4. The van der Waals surface area contributed by atoms with Crippen LogP contribution in [0.4, 0.5) is 11.9 Å². The van der Waals surface area contributed by atoms with E-state index in [0.717, 1.165) is 21.7 Å². The van der Waals surface area contributed by atoms with Crippen LogP contribution >= 0.6 is 46.4 Å². The molecule has 4 aromatic rings. The lowest BCUT2D eigenvalue weighted by Crippen LogP contribution is -2.30. The van der Waals surface area contributed by atoms with Crippen molar-refractivity contribution in [1.29, 1.82) is 0 Å². The molecule has 0 fully saturated rings. The smallest absolute Gasteiger partial charge is 0.270 e. The first-order valence-electron chi connectivity index (χ1n) is 10.7. The highest BCUT2D eigenvalue weighted by Crippen LogP contribution is 2.45. The topological polar surface area (TPSA) is 80.1 Å². The largest absolute Gasteiger partial charge is 0.324 e. The van der Waals surface area contributed by atoms with Crippen LogP contribution in [0.1, 0.15) is 37.9 Å². The van der Waals surface area contributed by atoms with Gasteiger partial charge in [-0.25, -0.2) is 9.58 Å². The molecule has 11 heteroatoms. The molecule has 3 aromatic carbocycles. The second-order valence-corrected chi connectivity index (χ2v) is 9.57. The molecular weight excluding hydrogens is 544 g/mol. The average molecular weight is 557 g/mol. The van der Waals surface area contributed by atoms with Crippen LogP contribution in [0.5, 0.6) is 0 Å². The molecule has 2 amide bonds. The number of hydrogen-bond donors (Lipinski definition) is 1. The van der Waals surface area contributed by atoms with Crippen molar-refractivity contribution in [2.24, 2.45) is 0 Å². The number of nitrogens with zero attached hydrogens (tertiary/aromatic N) is 4. The Hall–Kier alpha value is -3.36. The van der Waals surface area contributed by atoms with Gasteiger partial charge in [0.25, 0.3) is 17.8 Å². The zero-order chi connectivity index (χ0) is 25.1. The minimum Gasteiger partial charge on any atom is -0.324 e. The molecule has 7 nitrogen and oxygen atoms in total. The first-order valence-corrected chi connectivity index (χ1v) is 12.2. The maximum absolute atomic E-state index is 13.3. The number of allylic oxidation sites excluding steroid dienone is 1. The van der Waals surface area contributed by atoms with E-state index in [2.05, 4.69) is 15.4 Å². The number of carbonyl (C=O) groups is 2. The molecule has 178 valence electrons. The van der Waals surface area contributed by atoms with E-state index in [-0.39, 0.29) is 43.2 Å². The molecule has 2 aliphatic rings. The summed E-state index contributed by atoms with van der Waals surface area (Å²) < 4.78 is 1.61. The van der Waals surface area contributed by atoms with Crippen LogP contribution in [0.2, 0.25) is 20.1 Å². The minimum atomic E-state index is -0.740. The van der Waals surface area contributed by atoms with Crippen molar-refractivity contribution in [2.75, 3.05) is 10.2 Å². The lowest BCUT2D eigenvalue weighted by Gasteiger charge is -2.24. The molecule has 0 spiro atoms. The Morgan fingerprint density at radius 2 is 1.31 bits per heavy atom. The van der Waals surface area contributed by atoms with Crippen LogP contribution in [-0.4, -0.2) is 26.6 Å². The Labute approximate surface area is 224 Å². The fourth-order valence-corrected chi connectivity index (χ4v) is 5.30. The molecule has 0 radical (unpaired) electrons. The van der Waals surface area contributed by atoms with Gasteiger partial charge >= 0.3 is 0 Å². The summed E-state index contributed by atoms with van der Waals surface area (Å²) in [5.74, 6) is -1.26. The predicted octanol–water partition coefficient (Wildman–Crippen LogP) is 6.75. The van der Waals surface area contributed by atoms with Gasteiger partial charge in [-0.2, -0.15) is 4.98 Å². The summed E-state index contributed by atoms with van der Waals surface area (Å²) in [6, 6.07) is 19.1. The van der Waals surface area contributed by atoms with Crippen molar-refractivity contribution in [3.8, 4) is 0 Å². The number of imide groups is 1. The van der Waals surface area contributed by atoms with Gasteiger partial charge in [0.05, 0.1) is 31.2 Å². The molecule has 0 bridgehead atoms. The molecular formula is C25H13Cl4N5O2. The van der Waals surface area contributed by atoms with E-state index in [0.29, 0.717) is 5.95 Å². The van der Waals surface area contributed by atoms with Gasteiger partial charge in [-0.3, -0.25) is 9.59 Å². The fourth-order valence-electron chi connectivity index (χ4n) is 4.28. The summed E-state index contributed by atoms with van der Waals surface area (Å²) >= 11 is 24.8. The summed E-state index contributed by atoms with van der Waals surface area (Å²) in [4.78, 5) is 32.0. The van der Waals surface area contributed by atoms with Crippen molar-refractivity contribution in [3.05, 3.63) is 109 Å². The van der Waals surface area contributed by atoms with Crippen molar-refractivity contribution < 1.29 is 9.59 Å². The second kappa shape index (κ2) is 8.64. The van der Waals surface area contributed by atoms with Crippen molar-refractivity contribution in [3.63, 3.8) is 0 Å². The molecule has 2 aliphatic heterocycles. The molecule has 6 rings (SSSR count). The van der Waals surface area contributed by atoms with Crippen LogP contribution in [0.25, 0.3) is 5.70 Å². The third kappa shape index (κ3) is 3.43. The molecule has 1 atom stereocenters. The lowest BCUT2D eigenvalue weighted by atomic mass is 10.0. The molecule has 0 saturated carbocycles. The van der Waals surface area contributed by atoms with E-state index in [1.807, 2.05) is 66.7 Å². The zero-order valence-corrected chi connectivity index (χ0v) is 21.1. The Morgan fingerprint density at radius 1 is 0.750 bits per heavy atom. The fraction of sp³-hybridized carbons (Fsp3) is 0.0400. The highest BCUT2D eigenvalue weighted by atomic mass is 35.5. The van der Waals surface area contributed by atoms with Crippen LogP contribution < -0.4 is 10.2 Å². The maximum Gasteiger partial charge on any atom is 0.270 e. The molecule has 1 aromatic heterocycles. The monoisotopic (exact) mass is 555 g/mol. The number of nitrogens with one attached hydrogen (secondary N) is 1. The SMILES string of the molecule is O=C1c2c(Cl)c(Cl)c(Cl)c(Cl)c2C(=O)N1c1nc2n(n1)C(c1ccccc1)C=C(c1ccccc1)N2. The van der Waals surface area contributed by atoms with E-state index in [4.69, 9.17) is 46.4 Å². The van der Waals surface area contributed by atoms with Gasteiger partial charge in [0, 0.05) is 5.70 Å². The first kappa shape index (κ1) is 23.1. The number of amides is 2. The van der Waals surface area contributed by atoms with Gasteiger partial charge in [-0.15, -0.1) is 5.10 Å². The van der Waals surface area contributed by atoms with E-state index in [1.165, 1.54) is 0 Å². The summed E-state index contributed by atoms with van der Waals surface area (Å²) in [6.07, 6.45) is 2.01. The summed E-state index contributed by atoms with van der Waals surface area (Å²) in [5.41, 5.74) is 2.42. The van der Waals surface area contributed by atoms with Gasteiger partial charge < -0.3 is 5.32 Å². The summed E-state index contributed by atoms with van der Waals surface area (Å²) in [5, 5.41) is 7.27. The van der Waals surface area contributed by atoms with Gasteiger partial charge in [0.2, 0.25) is 5.95 Å². The lowest BCUT2D eigenvalue weighted by molar-refractivity contribution is 0.0924. The van der Waals surface area contributed by atoms with E-state index in [9.17, 15) is 9.59 Å². The second-order valence-electron chi connectivity index (χ2n) is 8.06. The van der Waals surface area contributed by atoms with Crippen LogP contribution in [0, 0.1) is 0 Å². The van der Waals surface area contributed by atoms with Gasteiger partial charge in [0.1, 0.15) is 6.04 Å². The molecule has 0 aliphatic carbocycles. The van der Waals surface area contributed by atoms with E-state index >= 15 is 0 Å². The zero-order valence-electron chi connectivity index (χ0n) is 18.0. The Balaban J connectivity index is 1.47. The predicted molar refractivity (Wildman–Crippen MR) is 140 cm³/mol. The van der Waals surface area contributed by atoms with Crippen molar-refractivity contribution >= 4 is 75.8 Å². The van der Waals surface area contributed by atoms with E-state index < -0.39 is 11.8 Å². The Bertz CT molecular complexity index is 1560. The summed E-state index contributed by atoms with van der Waals surface area (Å²) in [7, 11) is 0. The van der Waals surface area contributed by atoms with Gasteiger partial charge in [-0.1, -0.05) is 107 Å². The third-order valence-electron chi connectivity index (χ3n) is 5.98. The number of benzene rings is 3. The van der Waals surface area contributed by atoms with Gasteiger partial charge in [0.15, 0.2) is 0 Å². The molecule has 0 saturated heterocycles. The third-order valence-corrected chi connectivity index (χ3v) is 7.78. The minimum absolute atomic E-state index is 0.107. The molecule has 3 heterocycles. The van der Waals surface area contributed by atoms with E-state index in [1.54, 1.807) is 4.68 Å². The molecule has 1 unspecified atom stereocenters. The number of hydrogen-bond acceptors (Lipinski definition) is 5. The average Bonchev–Trinajstić information content (AvgIpc) is 3.44. The highest BCUT2D eigenvalue weighted by molar-refractivity contribution is 6.56. The Kier molecular flexibility index (Phi) is 5.53. The quantitative estimate of drug-likeness (QED) is 0.171. The number of anilines is 2. The van der Waals surface area contributed by atoms with Crippen LogP contribution in [-0.2, 0) is 0 Å². The summed E-state index contributed by atoms with van der Waals surface area (Å²) in [6.45, 7) is 0. The maximum atomic E-state index is 13.3.